The molecule has 1 aliphatic heterocycles. The van der Waals surface area contributed by atoms with Gasteiger partial charge in [-0.15, -0.1) is 0 Å². The summed E-state index contributed by atoms with van der Waals surface area (Å²) in [6, 6.07) is 0. The zero-order valence-corrected chi connectivity index (χ0v) is 9.72. The van der Waals surface area contributed by atoms with Crippen molar-refractivity contribution < 1.29 is 10.0 Å². The number of imidazole rings is 1. The maximum absolute atomic E-state index is 10.9. The highest BCUT2D eigenvalue weighted by atomic mass is 16.6. The average molecular weight is 240 g/mol. The van der Waals surface area contributed by atoms with Gasteiger partial charge in [-0.1, -0.05) is 6.92 Å². The van der Waals surface area contributed by atoms with E-state index < -0.39 is 10.5 Å². The summed E-state index contributed by atoms with van der Waals surface area (Å²) in [5.41, 5.74) is 4.97. The Kier molecular flexibility index (Phi) is 2.88. The molecule has 0 saturated heterocycles. The van der Waals surface area contributed by atoms with Crippen LogP contribution in [0.2, 0.25) is 0 Å². The highest BCUT2D eigenvalue weighted by Gasteiger charge is 2.38. The molecule has 1 aliphatic rings. The van der Waals surface area contributed by atoms with E-state index in [4.69, 9.17) is 5.73 Å². The van der Waals surface area contributed by atoms with Gasteiger partial charge in [0.15, 0.2) is 0 Å². The molecule has 17 heavy (non-hydrogen) atoms. The first-order valence-corrected chi connectivity index (χ1v) is 5.66. The van der Waals surface area contributed by atoms with Gasteiger partial charge in [-0.05, 0) is 16.3 Å². The van der Waals surface area contributed by atoms with E-state index in [0.29, 0.717) is 30.9 Å². The van der Waals surface area contributed by atoms with Crippen LogP contribution >= 0.6 is 0 Å². The molecule has 7 nitrogen and oxygen atoms in total. The summed E-state index contributed by atoms with van der Waals surface area (Å²) in [4.78, 5) is 14.4. The van der Waals surface area contributed by atoms with Gasteiger partial charge in [-0.25, -0.2) is 0 Å². The third-order valence-electron chi connectivity index (χ3n) is 3.30. The molecule has 7 heteroatoms. The van der Waals surface area contributed by atoms with Crippen molar-refractivity contribution in [1.82, 2.24) is 9.55 Å². The van der Waals surface area contributed by atoms with Crippen molar-refractivity contribution in [2.75, 3.05) is 6.54 Å². The summed E-state index contributed by atoms with van der Waals surface area (Å²) < 4.78 is 1.84. The third-order valence-corrected chi connectivity index (χ3v) is 3.30. The minimum Gasteiger partial charge on any atom is -0.388 e. The van der Waals surface area contributed by atoms with E-state index in [1.807, 2.05) is 11.5 Å². The Hall–Kier alpha value is -1.47. The highest BCUT2D eigenvalue weighted by molar-refractivity contribution is 5.33. The molecule has 1 aromatic rings. The maximum atomic E-state index is 10.9. The molecule has 0 radical (unpaired) electrons. The Morgan fingerprint density at radius 3 is 2.94 bits per heavy atom. The van der Waals surface area contributed by atoms with Gasteiger partial charge >= 0.3 is 5.82 Å². The second kappa shape index (κ2) is 4.08. The molecule has 0 aromatic carbocycles. The van der Waals surface area contributed by atoms with Crippen LogP contribution in [0.3, 0.4) is 0 Å². The number of aliphatic hydroxyl groups is 1. The Bertz CT molecular complexity index is 457. The van der Waals surface area contributed by atoms with Crippen molar-refractivity contribution in [2.45, 2.75) is 38.3 Å². The predicted octanol–water partition coefficient (Wildman–Crippen LogP) is -0.0103. The second-order valence-electron chi connectivity index (χ2n) is 4.42. The van der Waals surface area contributed by atoms with Gasteiger partial charge in [0.1, 0.15) is 5.69 Å². The number of nitrogens with two attached hydrogens (primary N) is 1. The molecule has 0 aliphatic carbocycles. The van der Waals surface area contributed by atoms with Crippen molar-refractivity contribution in [3.05, 3.63) is 21.6 Å². The minimum atomic E-state index is -1.04. The summed E-state index contributed by atoms with van der Waals surface area (Å²) in [5.74, 6) is 0.555. The lowest BCUT2D eigenvalue weighted by molar-refractivity contribution is -0.390. The summed E-state index contributed by atoms with van der Waals surface area (Å²) in [6.07, 6.45) is 1.35. The van der Waals surface area contributed by atoms with Crippen LogP contribution in [-0.2, 0) is 19.4 Å². The van der Waals surface area contributed by atoms with Crippen LogP contribution < -0.4 is 5.73 Å². The topological polar surface area (TPSA) is 107 Å². The molecule has 94 valence electrons. The number of nitro groups is 1. The van der Waals surface area contributed by atoms with Gasteiger partial charge < -0.3 is 25.5 Å². The molecular weight excluding hydrogens is 224 g/mol. The van der Waals surface area contributed by atoms with Crippen LogP contribution in [0.5, 0.6) is 0 Å². The molecule has 0 saturated carbocycles. The molecule has 0 amide bonds. The molecule has 1 atom stereocenters. The van der Waals surface area contributed by atoms with Crippen LogP contribution in [0.25, 0.3) is 0 Å². The average Bonchev–Trinajstić information content (AvgIpc) is 2.66. The van der Waals surface area contributed by atoms with Gasteiger partial charge in [0, 0.05) is 25.9 Å². The molecule has 1 aromatic heterocycles. The van der Waals surface area contributed by atoms with E-state index in [-0.39, 0.29) is 18.8 Å². The van der Waals surface area contributed by atoms with E-state index in [1.165, 1.54) is 0 Å². The Morgan fingerprint density at radius 1 is 1.71 bits per heavy atom. The van der Waals surface area contributed by atoms with Gasteiger partial charge in [-0.3, -0.25) is 0 Å². The summed E-state index contributed by atoms with van der Waals surface area (Å²) in [7, 11) is 0. The fourth-order valence-corrected chi connectivity index (χ4v) is 2.27. The number of aryl methyl sites for hydroxylation is 1. The summed E-state index contributed by atoms with van der Waals surface area (Å²) >= 11 is 0. The first kappa shape index (κ1) is 12.0. The fourth-order valence-electron chi connectivity index (χ4n) is 2.27. The Balaban J connectivity index is 2.48. The standard InChI is InChI=1S/C10H16N4O3/c1-2-8-12-9(14(16)17)7-5-10(15,6-11)3-4-13(7)8/h15H,2-6,11H2,1H3. The first-order valence-electron chi connectivity index (χ1n) is 5.66. The normalized spacial score (nSPS) is 23.5. The molecule has 1 unspecified atom stereocenters. The maximum Gasteiger partial charge on any atom is 0.385 e. The molecule has 0 bridgehead atoms. The largest absolute Gasteiger partial charge is 0.388 e. The highest BCUT2D eigenvalue weighted by Crippen LogP contribution is 2.31. The van der Waals surface area contributed by atoms with Gasteiger partial charge in [0.25, 0.3) is 0 Å². The van der Waals surface area contributed by atoms with E-state index in [2.05, 4.69) is 4.98 Å². The van der Waals surface area contributed by atoms with Crippen LogP contribution in [0.15, 0.2) is 0 Å². The minimum absolute atomic E-state index is 0.108. The van der Waals surface area contributed by atoms with Crippen LogP contribution in [0, 0.1) is 10.1 Å². The number of rotatable bonds is 3. The number of nitrogens with zero attached hydrogens (tertiary/aromatic N) is 3. The van der Waals surface area contributed by atoms with Crippen LogP contribution in [0.1, 0.15) is 24.9 Å². The zero-order chi connectivity index (χ0) is 12.6. The summed E-state index contributed by atoms with van der Waals surface area (Å²) in [5, 5.41) is 21.0. The van der Waals surface area contributed by atoms with Crippen molar-refractivity contribution in [2.24, 2.45) is 5.73 Å². The second-order valence-corrected chi connectivity index (χ2v) is 4.42. The molecule has 0 fully saturated rings. The van der Waals surface area contributed by atoms with E-state index >= 15 is 0 Å². The lowest BCUT2D eigenvalue weighted by Gasteiger charge is -2.31. The van der Waals surface area contributed by atoms with Crippen molar-refractivity contribution in [3.63, 3.8) is 0 Å². The number of hydrogen-bond acceptors (Lipinski definition) is 5. The van der Waals surface area contributed by atoms with Crippen LogP contribution in [0.4, 0.5) is 5.82 Å². The van der Waals surface area contributed by atoms with Crippen molar-refractivity contribution >= 4 is 5.82 Å². The number of hydrogen-bond donors (Lipinski definition) is 2. The monoisotopic (exact) mass is 240 g/mol. The zero-order valence-electron chi connectivity index (χ0n) is 9.72. The lowest BCUT2D eigenvalue weighted by Crippen LogP contribution is -2.44. The van der Waals surface area contributed by atoms with E-state index in [0.717, 1.165) is 0 Å². The summed E-state index contributed by atoms with van der Waals surface area (Å²) in [6.45, 7) is 2.55. The Morgan fingerprint density at radius 2 is 2.41 bits per heavy atom. The molecular formula is C10H16N4O3. The van der Waals surface area contributed by atoms with Crippen LogP contribution in [-0.4, -0.2) is 31.7 Å². The lowest BCUT2D eigenvalue weighted by atomic mass is 9.90. The van der Waals surface area contributed by atoms with Gasteiger partial charge in [-0.2, -0.15) is 0 Å². The quantitative estimate of drug-likeness (QED) is 0.570. The number of aromatic nitrogens is 2. The number of fused-ring (bicyclic) bond motifs is 1. The van der Waals surface area contributed by atoms with E-state index in [1.54, 1.807) is 0 Å². The van der Waals surface area contributed by atoms with E-state index in [9.17, 15) is 15.2 Å². The molecule has 2 heterocycles. The van der Waals surface area contributed by atoms with Crippen molar-refractivity contribution in [3.8, 4) is 0 Å². The molecule has 2 rings (SSSR count). The third kappa shape index (κ3) is 1.91. The first-order chi connectivity index (χ1) is 8.00. The van der Waals surface area contributed by atoms with Gasteiger partial charge in [0.2, 0.25) is 5.82 Å². The fraction of sp³-hybridized carbons (Fsp3) is 0.700. The molecule has 0 spiro atoms. The predicted molar refractivity (Wildman–Crippen MR) is 60.6 cm³/mol. The smallest absolute Gasteiger partial charge is 0.385 e. The van der Waals surface area contributed by atoms with Gasteiger partial charge in [0.05, 0.1) is 5.60 Å². The molecule has 3 N–H and O–H groups in total. The SMILES string of the molecule is CCc1nc([N+](=O)[O-])c2n1CCC(O)(CN)C2. The van der Waals surface area contributed by atoms with Crippen molar-refractivity contribution in [1.29, 1.82) is 0 Å². The Labute approximate surface area is 98.4 Å².